The maximum atomic E-state index is 13.1. The maximum absolute atomic E-state index is 13.1. The van der Waals surface area contributed by atoms with Crippen LogP contribution in [0.5, 0.6) is 0 Å². The second-order valence-electron chi connectivity index (χ2n) is 8.75. The van der Waals surface area contributed by atoms with E-state index in [0.717, 1.165) is 30.8 Å². The summed E-state index contributed by atoms with van der Waals surface area (Å²) >= 11 is 0. The van der Waals surface area contributed by atoms with Crippen LogP contribution in [0.15, 0.2) is 54.7 Å². The Bertz CT molecular complexity index is 1260. The number of carbonyl (C=O) groups excluding carboxylic acids is 2. The van der Waals surface area contributed by atoms with E-state index in [0.29, 0.717) is 42.6 Å². The van der Waals surface area contributed by atoms with Gasteiger partial charge in [-0.05, 0) is 54.8 Å². The molecule has 1 aromatic heterocycles. The summed E-state index contributed by atoms with van der Waals surface area (Å²) in [5, 5.41) is 6.05. The molecule has 1 atom stereocenters. The lowest BCUT2D eigenvalue weighted by molar-refractivity contribution is -0.120. The van der Waals surface area contributed by atoms with Gasteiger partial charge < -0.3 is 25.2 Å². The molecule has 3 aromatic rings. The minimum Gasteiger partial charge on any atom is -0.383 e. The summed E-state index contributed by atoms with van der Waals surface area (Å²) in [6.45, 7) is 2.19. The van der Waals surface area contributed by atoms with Gasteiger partial charge in [0.05, 0.1) is 12.8 Å². The number of methoxy groups -OCH3 is 1. The van der Waals surface area contributed by atoms with E-state index in [9.17, 15) is 14.0 Å². The minimum absolute atomic E-state index is 0. The van der Waals surface area contributed by atoms with Crippen molar-refractivity contribution in [2.75, 3.05) is 47.2 Å². The number of nitrogens with zero attached hydrogens (tertiary/aromatic N) is 4. The van der Waals surface area contributed by atoms with Gasteiger partial charge in [0.15, 0.2) is 5.82 Å². The summed E-state index contributed by atoms with van der Waals surface area (Å²) < 4.78 is 18.3. The third-order valence-corrected chi connectivity index (χ3v) is 6.40. The van der Waals surface area contributed by atoms with Crippen LogP contribution in [0.3, 0.4) is 0 Å². The number of carbonyl (C=O) groups is 2. The van der Waals surface area contributed by atoms with Crippen molar-refractivity contribution in [1.29, 1.82) is 0 Å². The molecule has 0 aliphatic carbocycles. The average molecular weight is 525 g/mol. The lowest BCUT2D eigenvalue weighted by atomic mass is 10.1. The molecule has 1 saturated heterocycles. The van der Waals surface area contributed by atoms with E-state index in [1.807, 2.05) is 12.1 Å². The Kier molecular flexibility index (Phi) is 8.24. The Labute approximate surface area is 221 Å². The number of hydrogen-bond donors (Lipinski definition) is 2. The summed E-state index contributed by atoms with van der Waals surface area (Å²) in [4.78, 5) is 38.3. The molecule has 5 rings (SSSR count). The number of benzene rings is 2. The van der Waals surface area contributed by atoms with Crippen molar-refractivity contribution in [3.8, 4) is 0 Å². The van der Waals surface area contributed by atoms with E-state index in [-0.39, 0.29) is 37.2 Å². The molecule has 0 spiro atoms. The van der Waals surface area contributed by atoms with Crippen molar-refractivity contribution in [3.63, 3.8) is 0 Å². The molecule has 2 N–H and O–H groups in total. The number of nitrogens with one attached hydrogen (secondary N) is 2. The predicted octanol–water partition coefficient (Wildman–Crippen LogP) is 3.55. The SMILES string of the molecule is COCCN1C(=O)[C@@H]2CCCN2c2nc(NCc3ccc(NC(=O)c4ccc(F)cc4)cc3)ncc21.S. The Morgan fingerprint density at radius 2 is 1.92 bits per heavy atom. The molecule has 2 amide bonds. The first-order chi connectivity index (χ1) is 17.5. The van der Waals surface area contributed by atoms with Crippen LogP contribution in [-0.4, -0.2) is 54.6 Å². The van der Waals surface area contributed by atoms with Gasteiger partial charge in [-0.1, -0.05) is 12.1 Å². The zero-order valence-electron chi connectivity index (χ0n) is 20.4. The summed E-state index contributed by atoms with van der Waals surface area (Å²) in [5.41, 5.74) is 2.71. The van der Waals surface area contributed by atoms with E-state index in [4.69, 9.17) is 9.72 Å². The van der Waals surface area contributed by atoms with Crippen LogP contribution in [0.4, 0.5) is 27.5 Å². The molecule has 0 saturated carbocycles. The van der Waals surface area contributed by atoms with Crippen molar-refractivity contribution in [2.24, 2.45) is 0 Å². The molecule has 194 valence electrons. The summed E-state index contributed by atoms with van der Waals surface area (Å²) in [6, 6.07) is 12.6. The Morgan fingerprint density at radius 3 is 2.65 bits per heavy atom. The van der Waals surface area contributed by atoms with Gasteiger partial charge in [-0.15, -0.1) is 0 Å². The monoisotopic (exact) mass is 524 g/mol. The third kappa shape index (κ3) is 5.67. The Morgan fingerprint density at radius 1 is 1.16 bits per heavy atom. The van der Waals surface area contributed by atoms with Gasteiger partial charge in [0, 0.05) is 38.0 Å². The summed E-state index contributed by atoms with van der Waals surface area (Å²) in [7, 11) is 1.62. The highest BCUT2D eigenvalue weighted by Gasteiger charge is 2.41. The lowest BCUT2D eigenvalue weighted by Crippen LogP contribution is -2.52. The number of amides is 2. The highest BCUT2D eigenvalue weighted by atomic mass is 32.1. The van der Waals surface area contributed by atoms with Gasteiger partial charge in [-0.3, -0.25) is 9.59 Å². The van der Waals surface area contributed by atoms with Crippen LogP contribution in [-0.2, 0) is 16.1 Å². The van der Waals surface area contributed by atoms with E-state index < -0.39 is 0 Å². The van der Waals surface area contributed by atoms with Crippen LogP contribution in [0.25, 0.3) is 0 Å². The number of halogens is 1. The topological polar surface area (TPSA) is 99.7 Å². The average Bonchev–Trinajstić information content (AvgIpc) is 3.39. The maximum Gasteiger partial charge on any atom is 0.255 e. The van der Waals surface area contributed by atoms with Gasteiger partial charge in [-0.2, -0.15) is 18.5 Å². The van der Waals surface area contributed by atoms with Crippen LogP contribution in [0, 0.1) is 5.82 Å². The van der Waals surface area contributed by atoms with Crippen LogP contribution in [0.1, 0.15) is 28.8 Å². The Balaban J connectivity index is 0.00000320. The molecule has 0 unspecified atom stereocenters. The second kappa shape index (κ2) is 11.6. The number of fused-ring (bicyclic) bond motifs is 3. The van der Waals surface area contributed by atoms with Crippen molar-refractivity contribution >= 4 is 48.5 Å². The quantitative estimate of drug-likeness (QED) is 0.465. The molecule has 9 nitrogen and oxygen atoms in total. The summed E-state index contributed by atoms with van der Waals surface area (Å²) in [6.07, 6.45) is 3.46. The molecule has 37 heavy (non-hydrogen) atoms. The molecule has 1 fully saturated rings. The van der Waals surface area contributed by atoms with Crippen molar-refractivity contribution in [2.45, 2.75) is 25.4 Å². The van der Waals surface area contributed by atoms with E-state index >= 15 is 0 Å². The van der Waals surface area contributed by atoms with Crippen molar-refractivity contribution < 1.29 is 18.7 Å². The largest absolute Gasteiger partial charge is 0.383 e. The van der Waals surface area contributed by atoms with Crippen LogP contribution < -0.4 is 20.4 Å². The van der Waals surface area contributed by atoms with Crippen molar-refractivity contribution in [1.82, 2.24) is 9.97 Å². The molecule has 11 heteroatoms. The summed E-state index contributed by atoms with van der Waals surface area (Å²) in [5.74, 6) is 0.636. The third-order valence-electron chi connectivity index (χ3n) is 6.40. The molecule has 0 radical (unpaired) electrons. The number of hydrogen-bond acceptors (Lipinski definition) is 7. The Hall–Kier alpha value is -3.70. The molecular formula is C26H29FN6O3S. The lowest BCUT2D eigenvalue weighted by Gasteiger charge is -2.38. The van der Waals surface area contributed by atoms with E-state index in [1.54, 1.807) is 30.3 Å². The first-order valence-electron chi connectivity index (χ1n) is 11.9. The van der Waals surface area contributed by atoms with Gasteiger partial charge >= 0.3 is 0 Å². The fourth-order valence-electron chi connectivity index (χ4n) is 4.53. The first kappa shape index (κ1) is 26.4. The van der Waals surface area contributed by atoms with Crippen LogP contribution >= 0.6 is 13.5 Å². The van der Waals surface area contributed by atoms with Gasteiger partial charge in [0.2, 0.25) is 11.9 Å². The highest BCUT2D eigenvalue weighted by Crippen LogP contribution is 2.38. The standard InChI is InChI=1S/C26H27FN6O3.H2S/c1-36-14-13-33-22-16-29-26(31-23(22)32-12-2-3-21(32)25(33)35)28-15-17-4-10-20(11-5-17)30-24(34)18-6-8-19(27)9-7-18;/h4-11,16,21H,2-3,12-15H2,1H3,(H,30,34)(H,28,29,31);1H2/t21-;/m0./s1. The fraction of sp³-hybridized carbons (Fsp3) is 0.308. The first-order valence-corrected chi connectivity index (χ1v) is 11.9. The molecule has 2 aliphatic rings. The number of rotatable bonds is 8. The number of anilines is 4. The minimum atomic E-state index is -0.386. The molecule has 0 bridgehead atoms. The molecule has 2 aliphatic heterocycles. The molecular weight excluding hydrogens is 495 g/mol. The van der Waals surface area contributed by atoms with E-state index in [2.05, 4.69) is 20.5 Å². The zero-order chi connectivity index (χ0) is 25.1. The number of ether oxygens (including phenoxy) is 1. The molecule has 2 aromatic carbocycles. The van der Waals surface area contributed by atoms with E-state index in [1.165, 1.54) is 24.3 Å². The smallest absolute Gasteiger partial charge is 0.255 e. The second-order valence-corrected chi connectivity index (χ2v) is 8.75. The zero-order valence-corrected chi connectivity index (χ0v) is 21.4. The van der Waals surface area contributed by atoms with Crippen LogP contribution in [0.2, 0.25) is 0 Å². The van der Waals surface area contributed by atoms with Gasteiger partial charge in [-0.25, -0.2) is 9.37 Å². The van der Waals surface area contributed by atoms with Gasteiger partial charge in [0.1, 0.15) is 17.5 Å². The highest BCUT2D eigenvalue weighted by molar-refractivity contribution is 7.59. The normalized spacial score (nSPS) is 16.1. The predicted molar refractivity (Wildman–Crippen MR) is 145 cm³/mol. The number of aromatic nitrogens is 2. The van der Waals surface area contributed by atoms with Gasteiger partial charge in [0.25, 0.3) is 5.91 Å². The molecule has 3 heterocycles. The fourth-order valence-corrected chi connectivity index (χ4v) is 4.53. The van der Waals surface area contributed by atoms with Crippen molar-refractivity contribution in [3.05, 3.63) is 71.7 Å².